The molecular formula is C126H203N21S2. The Morgan fingerprint density at radius 1 is 0.315 bits per heavy atom. The standard InChI is InChI=1S/2C10H15N.2C9H14N2.C9H13N.C9H20.C9H16.C8H12N2.C8H14N2.3C8H12N2.C7H12N2.2C7H11NS/c1-7(2)10-6-8(3)5-9(4)11-10;1-7(2)10-6-5-8(3)9(4)11-10;2*1-6(2)9-10-7(3)5-8(4)11-9;1-7(2)9-5-4-8(3)10-6-9;2*1-8(2)6-7-9(3,4)5;1-6(2)8-4-9-7(3)10-5-8;1-6(2)8-5-7(3)9-10(8)4;1-6(2)8-5-9-7(3)4-10-8;1-6(2)8-5-9-4-7(3)10-8;1-6(2)8-9-4-7(3)5-10-8;1-6(2)7-4-5-9(3)8-7;1-5(2)7-4-9-6(3)8-7;1-5(2)7-4-8-6(3)9-7/h2*5-7H,1-4H3;2*5-6H,1-4H3;4-7H,1-3H3;8H,6-7H2,1-5H3;8H,1-5H3;4-6H,1-3H3;5-6H,1-4H3;3*4-6H,1-3H3;4-6H,1-3H3;2*4-5H,1-3H3. The molecule has 0 spiro atoms. The van der Waals surface area contributed by atoms with Gasteiger partial charge in [0.2, 0.25) is 0 Å². The van der Waals surface area contributed by atoms with Crippen LogP contribution in [0.3, 0.4) is 0 Å². The zero-order valence-corrected chi connectivity index (χ0v) is 105. The van der Waals surface area contributed by atoms with Gasteiger partial charge in [0.15, 0.2) is 0 Å². The van der Waals surface area contributed by atoms with Crippen molar-refractivity contribution < 1.29 is 0 Å². The second-order valence-corrected chi connectivity index (χ2v) is 47.8. The molecule has 23 heteroatoms. The number of nitrogens with zero attached hydrogens (tertiary/aromatic N) is 21. The van der Waals surface area contributed by atoms with Gasteiger partial charge in [0.1, 0.15) is 23.3 Å². The molecule has 13 aromatic rings. The molecule has 0 amide bonds. The van der Waals surface area contributed by atoms with Gasteiger partial charge in [0, 0.05) is 179 Å². The van der Waals surface area contributed by atoms with E-state index in [1.807, 2.05) is 187 Å². The number of rotatable bonds is 15. The molecule has 0 atom stereocenters. The Morgan fingerprint density at radius 2 is 0.792 bits per heavy atom. The largest absolute Gasteiger partial charge is 0.276 e. The highest BCUT2D eigenvalue weighted by Gasteiger charge is 2.14. The SMILES string of the molecule is CC(C)C#CC(C)(C)C.CC(C)CCC(C)(C)C.CC(C)c1ccn(C)n1.Cc1cc(C(C)C)n(C)n1.Cc1cc(C)nc(C(C)C)c1.Cc1cc(C)nc(C(C)C)n1.Cc1cc(C)nc(C(C)C)n1.Cc1ccc(C(C)C)cn1.Cc1ccc(C(C)C)nc1C.Cc1cnc(C(C)C)cn1.Cc1cnc(C(C)C)nc1.Cc1cncc(C(C)C)n1.Cc1nc(C(C)C)cs1.Cc1ncc(C(C)C)cn1.Cc1ncc(C(C)C)s1. The summed E-state index contributed by atoms with van der Waals surface area (Å²) in [6.07, 6.45) is 23.3. The molecule has 13 aromatic heterocycles. The second-order valence-electron chi connectivity index (χ2n) is 45.4. The third kappa shape index (κ3) is 68.6. The monoisotopic (exact) mass is 2070 g/mol. The smallest absolute Gasteiger partial charge is 0.131 e. The quantitative estimate of drug-likeness (QED) is 0.0864. The molecule has 824 valence electrons. The van der Waals surface area contributed by atoms with Gasteiger partial charge in [-0.1, -0.05) is 259 Å². The van der Waals surface area contributed by atoms with Crippen LogP contribution in [0, 0.1) is 145 Å². The topological polar surface area (TPSA) is 255 Å². The molecule has 149 heavy (non-hydrogen) atoms. The summed E-state index contributed by atoms with van der Waals surface area (Å²) in [5, 5.41) is 12.9. The number of aryl methyl sites for hydroxylation is 18. The third-order valence-electron chi connectivity index (χ3n) is 21.4. The summed E-state index contributed by atoms with van der Waals surface area (Å²) in [6.45, 7) is 110. The van der Waals surface area contributed by atoms with Crippen LogP contribution in [-0.4, -0.2) is 104 Å². The van der Waals surface area contributed by atoms with Crippen molar-refractivity contribution in [3.63, 3.8) is 0 Å². The van der Waals surface area contributed by atoms with Crippen LogP contribution in [0.1, 0.15) is 502 Å². The summed E-state index contributed by atoms with van der Waals surface area (Å²) in [4.78, 5) is 73.5. The maximum absolute atomic E-state index is 4.47. The van der Waals surface area contributed by atoms with E-state index in [1.54, 1.807) is 35.1 Å². The normalized spacial score (nSPS) is 10.7. The van der Waals surface area contributed by atoms with Crippen molar-refractivity contribution in [1.29, 1.82) is 0 Å². The molecule has 0 saturated carbocycles. The molecule has 0 radical (unpaired) electrons. The fraction of sp³-hybridized carbons (Fsp3) is 0.579. The molecule has 0 unspecified atom stereocenters. The van der Waals surface area contributed by atoms with Crippen molar-refractivity contribution in [3.05, 3.63) is 297 Å². The lowest BCUT2D eigenvalue weighted by molar-refractivity contribution is 0.338. The van der Waals surface area contributed by atoms with E-state index < -0.39 is 0 Å². The van der Waals surface area contributed by atoms with Crippen LogP contribution in [0.25, 0.3) is 0 Å². The van der Waals surface area contributed by atoms with Crippen molar-refractivity contribution in [2.45, 2.75) is 450 Å². The lowest BCUT2D eigenvalue weighted by atomic mass is 9.88. The van der Waals surface area contributed by atoms with Gasteiger partial charge < -0.3 is 0 Å². The minimum Gasteiger partial charge on any atom is -0.276 e. The molecule has 0 bridgehead atoms. The average molecular weight is 2080 g/mol. The van der Waals surface area contributed by atoms with E-state index in [-0.39, 0.29) is 5.41 Å². The van der Waals surface area contributed by atoms with Gasteiger partial charge in [0.25, 0.3) is 0 Å². The first-order valence-corrected chi connectivity index (χ1v) is 55.6. The highest BCUT2D eigenvalue weighted by molar-refractivity contribution is 7.11. The number of hydrogen-bond donors (Lipinski definition) is 0. The molecule has 13 heterocycles. The van der Waals surface area contributed by atoms with E-state index in [2.05, 4.69) is 425 Å². The van der Waals surface area contributed by atoms with Gasteiger partial charge in [-0.3, -0.25) is 44.3 Å². The van der Waals surface area contributed by atoms with Crippen LogP contribution in [0.2, 0.25) is 0 Å². The van der Waals surface area contributed by atoms with E-state index in [9.17, 15) is 0 Å². The van der Waals surface area contributed by atoms with Crippen LogP contribution >= 0.6 is 22.7 Å². The second kappa shape index (κ2) is 73.4. The maximum atomic E-state index is 4.47. The summed E-state index contributed by atoms with van der Waals surface area (Å²) in [6, 6.07) is 20.8. The first-order valence-electron chi connectivity index (χ1n) is 53.9. The van der Waals surface area contributed by atoms with Crippen LogP contribution in [-0.2, 0) is 14.1 Å². The molecule has 0 aliphatic rings. The molecule has 0 aromatic carbocycles. The number of pyridine rings is 3. The Hall–Kier alpha value is -10.8. The predicted octanol–water partition coefficient (Wildman–Crippen LogP) is 34.9. The lowest BCUT2D eigenvalue weighted by Gasteiger charge is -2.18. The molecule has 0 N–H and O–H groups in total. The van der Waals surface area contributed by atoms with E-state index in [0.29, 0.717) is 88.3 Å². The van der Waals surface area contributed by atoms with Crippen molar-refractivity contribution in [2.24, 2.45) is 36.8 Å². The lowest BCUT2D eigenvalue weighted by Crippen LogP contribution is -2.05. The molecule has 13 rings (SSSR count). The van der Waals surface area contributed by atoms with Gasteiger partial charge in [-0.25, -0.2) is 49.8 Å². The Kier molecular flexibility index (Phi) is 69.1. The van der Waals surface area contributed by atoms with Crippen molar-refractivity contribution in [2.75, 3.05) is 0 Å². The van der Waals surface area contributed by atoms with Crippen LogP contribution in [0.15, 0.2) is 134 Å². The highest BCUT2D eigenvalue weighted by Crippen LogP contribution is 2.26. The zero-order valence-electron chi connectivity index (χ0n) is 103. The first-order chi connectivity index (χ1) is 68.9. The average Bonchev–Trinajstić information content (AvgIpc) is 1.72. The van der Waals surface area contributed by atoms with Crippen LogP contribution < -0.4 is 0 Å². The molecular weight excluding hydrogens is 1870 g/mol. The zero-order chi connectivity index (χ0) is 115. The Balaban J connectivity index is 0. The Morgan fingerprint density at radius 3 is 1.09 bits per heavy atom. The number of aromatic nitrogens is 21. The number of hydrogen-bond acceptors (Lipinski definition) is 21. The summed E-state index contributed by atoms with van der Waals surface area (Å²) in [5.41, 5.74) is 25.8. The molecule has 0 fully saturated rings. The summed E-state index contributed by atoms with van der Waals surface area (Å²) >= 11 is 3.51. The van der Waals surface area contributed by atoms with Gasteiger partial charge >= 0.3 is 0 Å². The van der Waals surface area contributed by atoms with Crippen molar-refractivity contribution >= 4 is 22.7 Å². The van der Waals surface area contributed by atoms with Gasteiger partial charge in [-0.05, 0) is 285 Å². The minimum absolute atomic E-state index is 0.171. The van der Waals surface area contributed by atoms with Crippen LogP contribution in [0.5, 0.6) is 0 Å². The van der Waals surface area contributed by atoms with Crippen LogP contribution in [0.4, 0.5) is 0 Å². The number of thiazole rings is 2. The van der Waals surface area contributed by atoms with Crippen molar-refractivity contribution in [3.8, 4) is 11.8 Å². The first kappa shape index (κ1) is 140. The van der Waals surface area contributed by atoms with E-state index in [0.717, 1.165) is 109 Å². The van der Waals surface area contributed by atoms with E-state index in [1.165, 1.54) is 72.8 Å². The highest BCUT2D eigenvalue weighted by atomic mass is 32.1. The van der Waals surface area contributed by atoms with Gasteiger partial charge in [-0.15, -0.1) is 22.7 Å². The summed E-state index contributed by atoms with van der Waals surface area (Å²) in [5.74, 6) is 18.1. The fourth-order valence-electron chi connectivity index (χ4n) is 12.1. The Bertz CT molecular complexity index is 5280. The van der Waals surface area contributed by atoms with Gasteiger partial charge in [0.05, 0.1) is 49.9 Å². The van der Waals surface area contributed by atoms with Gasteiger partial charge in [-0.2, -0.15) is 10.2 Å². The molecule has 0 saturated heterocycles. The predicted molar refractivity (Wildman–Crippen MR) is 640 cm³/mol. The minimum atomic E-state index is 0.171. The van der Waals surface area contributed by atoms with E-state index in [4.69, 9.17) is 0 Å². The molecule has 0 aliphatic heterocycles. The maximum Gasteiger partial charge on any atom is 0.131 e. The third-order valence-corrected chi connectivity index (χ3v) is 23.5. The summed E-state index contributed by atoms with van der Waals surface area (Å²) in [7, 11) is 3.92. The van der Waals surface area contributed by atoms with Crippen molar-refractivity contribution in [1.82, 2.24) is 104 Å². The van der Waals surface area contributed by atoms with E-state index >= 15 is 0 Å². The fourth-order valence-corrected chi connectivity index (χ4v) is 13.7. The molecule has 21 nitrogen and oxygen atoms in total. The molecule has 0 aliphatic carbocycles. The summed E-state index contributed by atoms with van der Waals surface area (Å²) < 4.78 is 3.77. The Labute approximate surface area is 916 Å².